The molecular weight excluding hydrogens is 266 g/mol. The Morgan fingerprint density at radius 3 is 2.62 bits per heavy atom. The van der Waals surface area contributed by atoms with Crippen molar-refractivity contribution in [2.24, 2.45) is 0 Å². The summed E-state index contributed by atoms with van der Waals surface area (Å²) in [5.41, 5.74) is 1.99. The second kappa shape index (κ2) is 7.02. The molecule has 1 N–H and O–H groups in total. The van der Waals surface area contributed by atoms with Gasteiger partial charge in [0.1, 0.15) is 11.7 Å². The van der Waals surface area contributed by atoms with Gasteiger partial charge in [0.25, 0.3) is 0 Å². The molecule has 1 unspecified atom stereocenters. The molecule has 0 amide bonds. The average molecular weight is 287 g/mol. The summed E-state index contributed by atoms with van der Waals surface area (Å²) in [6, 6.07) is 7.79. The first-order valence-electron chi connectivity index (χ1n) is 7.30. The van der Waals surface area contributed by atoms with Crippen LogP contribution < -0.4 is 0 Å². The molecule has 0 bridgehead atoms. The Bertz CT molecular complexity index is 590. The lowest BCUT2D eigenvalue weighted by molar-refractivity contribution is -0.144. The molecule has 1 aromatic carbocycles. The van der Waals surface area contributed by atoms with Crippen molar-refractivity contribution < 1.29 is 9.53 Å². The summed E-state index contributed by atoms with van der Waals surface area (Å²) >= 11 is 0. The number of carbonyl (C=O) groups is 1. The van der Waals surface area contributed by atoms with E-state index in [1.54, 1.807) is 6.92 Å². The Balaban J connectivity index is 2.34. The highest BCUT2D eigenvalue weighted by Crippen LogP contribution is 2.24. The predicted molar refractivity (Wildman–Crippen MR) is 80.0 cm³/mol. The summed E-state index contributed by atoms with van der Waals surface area (Å²) in [5.74, 6) is 0.380. The van der Waals surface area contributed by atoms with Crippen molar-refractivity contribution in [1.82, 2.24) is 15.2 Å². The van der Waals surface area contributed by atoms with Gasteiger partial charge in [0.2, 0.25) is 0 Å². The maximum absolute atomic E-state index is 12.3. The molecule has 0 aliphatic heterocycles. The van der Waals surface area contributed by atoms with E-state index in [1.807, 2.05) is 31.2 Å². The molecule has 0 fully saturated rings. The molecule has 0 radical (unpaired) electrons. The van der Waals surface area contributed by atoms with E-state index in [1.165, 1.54) is 0 Å². The summed E-state index contributed by atoms with van der Waals surface area (Å²) in [5, 5.41) is 7.10. The third kappa shape index (κ3) is 3.68. The number of hydrogen-bond acceptors (Lipinski definition) is 4. The third-order valence-electron chi connectivity index (χ3n) is 3.23. The van der Waals surface area contributed by atoms with Gasteiger partial charge in [0.05, 0.1) is 6.61 Å². The molecule has 2 aromatic rings. The lowest BCUT2D eigenvalue weighted by Gasteiger charge is -2.13. The van der Waals surface area contributed by atoms with Crippen molar-refractivity contribution in [3.05, 3.63) is 47.0 Å². The zero-order chi connectivity index (χ0) is 15.2. The number of aryl methyl sites for hydroxylation is 2. The number of aromatic nitrogens is 3. The number of carbonyl (C=O) groups excluding carboxylic acids is 1. The number of esters is 1. The van der Waals surface area contributed by atoms with Gasteiger partial charge in [-0.3, -0.25) is 9.89 Å². The second-order valence-corrected chi connectivity index (χ2v) is 4.99. The largest absolute Gasteiger partial charge is 0.465 e. The van der Waals surface area contributed by atoms with Crippen LogP contribution in [-0.4, -0.2) is 27.8 Å². The summed E-state index contributed by atoms with van der Waals surface area (Å²) in [6.45, 7) is 6.22. The Morgan fingerprint density at radius 2 is 2.00 bits per heavy atom. The van der Waals surface area contributed by atoms with Crippen LogP contribution >= 0.6 is 0 Å². The van der Waals surface area contributed by atoms with E-state index in [2.05, 4.69) is 22.1 Å². The van der Waals surface area contributed by atoms with E-state index in [-0.39, 0.29) is 5.97 Å². The highest BCUT2D eigenvalue weighted by Gasteiger charge is 2.28. The number of ether oxygens (including phenoxy) is 1. The Hall–Kier alpha value is -2.17. The second-order valence-electron chi connectivity index (χ2n) is 4.99. The zero-order valence-electron chi connectivity index (χ0n) is 12.7. The van der Waals surface area contributed by atoms with Gasteiger partial charge in [-0.2, -0.15) is 5.10 Å². The number of benzene rings is 1. The molecule has 0 aliphatic carbocycles. The first kappa shape index (κ1) is 15.2. The summed E-state index contributed by atoms with van der Waals surface area (Å²) in [7, 11) is 0. The number of aromatic amines is 1. The van der Waals surface area contributed by atoms with Gasteiger partial charge in [-0.25, -0.2) is 4.98 Å². The summed E-state index contributed by atoms with van der Waals surface area (Å²) in [6.07, 6.45) is 1.79. The molecule has 1 atom stereocenters. The first-order valence-corrected chi connectivity index (χ1v) is 7.30. The van der Waals surface area contributed by atoms with E-state index in [4.69, 9.17) is 4.74 Å². The van der Waals surface area contributed by atoms with Crippen LogP contribution in [0, 0.1) is 6.92 Å². The highest BCUT2D eigenvalue weighted by molar-refractivity contribution is 5.81. The normalized spacial score (nSPS) is 12.1. The van der Waals surface area contributed by atoms with Gasteiger partial charge in [0, 0.05) is 6.42 Å². The lowest BCUT2D eigenvalue weighted by atomic mass is 9.97. The molecule has 2 rings (SSSR count). The Labute approximate surface area is 124 Å². The van der Waals surface area contributed by atoms with Gasteiger partial charge in [0.15, 0.2) is 5.82 Å². The summed E-state index contributed by atoms with van der Waals surface area (Å²) in [4.78, 5) is 16.7. The molecular formula is C16H21N3O2. The minimum absolute atomic E-state index is 0.316. The van der Waals surface area contributed by atoms with Crippen LogP contribution in [-0.2, 0) is 16.0 Å². The number of nitrogens with zero attached hydrogens (tertiary/aromatic N) is 2. The van der Waals surface area contributed by atoms with Crippen molar-refractivity contribution in [2.75, 3.05) is 6.61 Å². The molecule has 0 saturated heterocycles. The van der Waals surface area contributed by atoms with E-state index in [9.17, 15) is 4.79 Å². The van der Waals surface area contributed by atoms with Crippen LogP contribution in [0.1, 0.15) is 49.0 Å². The molecule has 0 spiro atoms. The number of H-pyrrole nitrogens is 1. The van der Waals surface area contributed by atoms with Crippen molar-refractivity contribution in [1.29, 1.82) is 0 Å². The number of rotatable bonds is 6. The molecule has 1 aromatic heterocycles. The van der Waals surface area contributed by atoms with E-state index in [0.29, 0.717) is 12.4 Å². The molecule has 1 heterocycles. The average Bonchev–Trinajstić information content (AvgIpc) is 2.90. The van der Waals surface area contributed by atoms with Gasteiger partial charge in [-0.15, -0.1) is 0 Å². The minimum atomic E-state index is -0.576. The smallest absolute Gasteiger partial charge is 0.321 e. The zero-order valence-corrected chi connectivity index (χ0v) is 12.7. The SMILES string of the molecule is CCCc1nc(C(C(=O)OCC)c2ccc(C)cc2)n[nH]1. The fourth-order valence-corrected chi connectivity index (χ4v) is 2.16. The van der Waals surface area contributed by atoms with Crippen molar-refractivity contribution >= 4 is 5.97 Å². The predicted octanol–water partition coefficient (Wildman–Crippen LogP) is 2.76. The van der Waals surface area contributed by atoms with Gasteiger partial charge in [-0.05, 0) is 25.8 Å². The Morgan fingerprint density at radius 1 is 1.29 bits per heavy atom. The maximum atomic E-state index is 12.3. The summed E-state index contributed by atoms with van der Waals surface area (Å²) < 4.78 is 5.18. The van der Waals surface area contributed by atoms with Crippen molar-refractivity contribution in [3.63, 3.8) is 0 Å². The minimum Gasteiger partial charge on any atom is -0.465 e. The van der Waals surface area contributed by atoms with Gasteiger partial charge < -0.3 is 4.74 Å². The standard InChI is InChI=1S/C16H21N3O2/c1-4-6-13-17-15(19-18-13)14(16(20)21-5-2)12-9-7-11(3)8-10-12/h7-10,14H,4-6H2,1-3H3,(H,17,18,19). The lowest BCUT2D eigenvalue weighted by Crippen LogP contribution is -2.18. The van der Waals surface area contributed by atoms with Crippen LogP contribution in [0.2, 0.25) is 0 Å². The molecule has 0 saturated carbocycles. The van der Waals surface area contributed by atoms with Crippen LogP contribution in [0.15, 0.2) is 24.3 Å². The van der Waals surface area contributed by atoms with Crippen molar-refractivity contribution in [2.45, 2.75) is 39.5 Å². The molecule has 5 heteroatoms. The van der Waals surface area contributed by atoms with E-state index < -0.39 is 5.92 Å². The Kier molecular flexibility index (Phi) is 5.09. The van der Waals surface area contributed by atoms with Crippen molar-refractivity contribution in [3.8, 4) is 0 Å². The molecule has 0 aliphatic rings. The van der Waals surface area contributed by atoms with Gasteiger partial charge in [-0.1, -0.05) is 36.8 Å². The van der Waals surface area contributed by atoms with Crippen LogP contribution in [0.25, 0.3) is 0 Å². The highest BCUT2D eigenvalue weighted by atomic mass is 16.5. The van der Waals surface area contributed by atoms with E-state index >= 15 is 0 Å². The molecule has 5 nitrogen and oxygen atoms in total. The number of nitrogens with one attached hydrogen (secondary N) is 1. The van der Waals surface area contributed by atoms with Crippen LogP contribution in [0.3, 0.4) is 0 Å². The fraction of sp³-hybridized carbons (Fsp3) is 0.438. The topological polar surface area (TPSA) is 67.9 Å². The van der Waals surface area contributed by atoms with Crippen LogP contribution in [0.5, 0.6) is 0 Å². The van der Waals surface area contributed by atoms with Crippen LogP contribution in [0.4, 0.5) is 0 Å². The number of hydrogen-bond donors (Lipinski definition) is 1. The third-order valence-corrected chi connectivity index (χ3v) is 3.23. The van der Waals surface area contributed by atoms with Gasteiger partial charge >= 0.3 is 5.97 Å². The maximum Gasteiger partial charge on any atom is 0.321 e. The fourth-order valence-electron chi connectivity index (χ4n) is 2.16. The van der Waals surface area contributed by atoms with E-state index in [0.717, 1.165) is 29.8 Å². The molecule has 112 valence electrons. The quantitative estimate of drug-likeness (QED) is 0.829. The molecule has 21 heavy (non-hydrogen) atoms. The monoisotopic (exact) mass is 287 g/mol. The first-order chi connectivity index (χ1) is 10.2.